The van der Waals surface area contributed by atoms with Crippen molar-refractivity contribution in [3.05, 3.63) is 0 Å². The minimum atomic E-state index is -4.48. The van der Waals surface area contributed by atoms with Crippen molar-refractivity contribution in [2.75, 3.05) is 45.8 Å². The Labute approximate surface area is 156 Å². The van der Waals surface area contributed by atoms with Gasteiger partial charge in [0.25, 0.3) is 0 Å². The van der Waals surface area contributed by atoms with E-state index in [2.05, 4.69) is 5.32 Å². The summed E-state index contributed by atoms with van der Waals surface area (Å²) in [4.78, 5) is 39.3. The molecule has 0 unspecified atom stereocenters. The average Bonchev–Trinajstić information content (AvgIpc) is 2.65. The third-order valence-corrected chi connectivity index (χ3v) is 4.94. The van der Waals surface area contributed by atoms with Gasteiger partial charge in [0, 0.05) is 32.1 Å². The summed E-state index contributed by atoms with van der Waals surface area (Å²) in [7, 11) is 0. The molecule has 2 N–H and O–H groups in total. The second-order valence-electron chi connectivity index (χ2n) is 7.11. The SMILES string of the molecule is O=C(CNC(=O)CN1CCN(C(=O)C2CCCCC2)CC1)NCC(F)(F)F. The van der Waals surface area contributed by atoms with Crippen LogP contribution < -0.4 is 10.6 Å². The topological polar surface area (TPSA) is 81.8 Å². The Morgan fingerprint density at radius 1 is 0.889 bits per heavy atom. The predicted molar refractivity (Wildman–Crippen MR) is 91.7 cm³/mol. The molecule has 154 valence electrons. The summed E-state index contributed by atoms with van der Waals surface area (Å²) >= 11 is 0. The van der Waals surface area contributed by atoms with Crippen molar-refractivity contribution in [2.45, 2.75) is 38.3 Å². The monoisotopic (exact) mass is 392 g/mol. The van der Waals surface area contributed by atoms with E-state index in [0.29, 0.717) is 26.2 Å². The third kappa shape index (κ3) is 7.74. The standard InChI is InChI=1S/C17H27F3N4O3/c18-17(19,20)12-22-14(25)10-21-15(26)11-23-6-8-24(9-7-23)16(27)13-4-2-1-3-5-13/h13H,1-12H2,(H,21,26)(H,22,25). The molecular formula is C17H27F3N4O3. The summed E-state index contributed by atoms with van der Waals surface area (Å²) in [6.07, 6.45) is 0.838. The Bertz CT molecular complexity index is 528. The highest BCUT2D eigenvalue weighted by Crippen LogP contribution is 2.25. The Kier molecular flexibility index (Phi) is 7.88. The number of carbonyl (C=O) groups is 3. The van der Waals surface area contributed by atoms with E-state index < -0.39 is 31.1 Å². The Hall–Kier alpha value is -1.84. The van der Waals surface area contributed by atoms with Gasteiger partial charge < -0.3 is 15.5 Å². The zero-order valence-corrected chi connectivity index (χ0v) is 15.3. The van der Waals surface area contributed by atoms with Gasteiger partial charge in [0.2, 0.25) is 17.7 Å². The van der Waals surface area contributed by atoms with Crippen LogP contribution in [0.15, 0.2) is 0 Å². The Balaban J connectivity index is 1.62. The largest absolute Gasteiger partial charge is 0.405 e. The zero-order chi connectivity index (χ0) is 19.9. The number of halogens is 3. The number of nitrogens with zero attached hydrogens (tertiary/aromatic N) is 2. The first-order valence-corrected chi connectivity index (χ1v) is 9.36. The van der Waals surface area contributed by atoms with E-state index in [-0.39, 0.29) is 18.4 Å². The third-order valence-electron chi connectivity index (χ3n) is 4.94. The van der Waals surface area contributed by atoms with Gasteiger partial charge in [-0.3, -0.25) is 19.3 Å². The summed E-state index contributed by atoms with van der Waals surface area (Å²) in [5.74, 6) is -0.975. The maximum Gasteiger partial charge on any atom is 0.405 e. The number of rotatable bonds is 6. The fourth-order valence-corrected chi connectivity index (χ4v) is 3.43. The molecule has 2 aliphatic rings. The van der Waals surface area contributed by atoms with Crippen molar-refractivity contribution in [1.29, 1.82) is 0 Å². The molecule has 1 saturated heterocycles. The molecule has 7 nitrogen and oxygen atoms in total. The van der Waals surface area contributed by atoms with Gasteiger partial charge in [-0.05, 0) is 12.8 Å². The maximum atomic E-state index is 12.5. The second-order valence-corrected chi connectivity index (χ2v) is 7.11. The molecule has 0 spiro atoms. The first-order valence-electron chi connectivity index (χ1n) is 9.36. The maximum absolute atomic E-state index is 12.5. The van der Waals surface area contributed by atoms with Crippen molar-refractivity contribution in [1.82, 2.24) is 20.4 Å². The van der Waals surface area contributed by atoms with E-state index in [0.717, 1.165) is 25.7 Å². The number of alkyl halides is 3. The van der Waals surface area contributed by atoms with Crippen molar-refractivity contribution in [3.63, 3.8) is 0 Å². The molecule has 27 heavy (non-hydrogen) atoms. The number of hydrogen-bond acceptors (Lipinski definition) is 4. The minimum Gasteiger partial charge on any atom is -0.346 e. The van der Waals surface area contributed by atoms with Crippen LogP contribution in [0.5, 0.6) is 0 Å². The molecule has 1 heterocycles. The molecule has 10 heteroatoms. The molecule has 0 aromatic rings. The van der Waals surface area contributed by atoms with Gasteiger partial charge in [0.1, 0.15) is 6.54 Å². The van der Waals surface area contributed by atoms with E-state index in [4.69, 9.17) is 0 Å². The summed E-state index contributed by atoms with van der Waals surface area (Å²) in [5.41, 5.74) is 0. The number of carbonyl (C=O) groups excluding carboxylic acids is 3. The second kappa shape index (κ2) is 9.91. The minimum absolute atomic E-state index is 0.0536. The van der Waals surface area contributed by atoms with E-state index in [1.807, 2.05) is 9.80 Å². The number of nitrogens with one attached hydrogen (secondary N) is 2. The first-order chi connectivity index (χ1) is 12.7. The lowest BCUT2D eigenvalue weighted by Gasteiger charge is -2.36. The van der Waals surface area contributed by atoms with E-state index in [1.165, 1.54) is 6.42 Å². The van der Waals surface area contributed by atoms with Gasteiger partial charge >= 0.3 is 6.18 Å². The fraction of sp³-hybridized carbons (Fsp3) is 0.824. The summed E-state index contributed by atoms with van der Waals surface area (Å²) < 4.78 is 36.0. The van der Waals surface area contributed by atoms with Crippen LogP contribution in [0.25, 0.3) is 0 Å². The van der Waals surface area contributed by atoms with Gasteiger partial charge in [-0.2, -0.15) is 13.2 Å². The van der Waals surface area contributed by atoms with Crippen molar-refractivity contribution in [3.8, 4) is 0 Å². The van der Waals surface area contributed by atoms with Crippen LogP contribution in [0.2, 0.25) is 0 Å². The van der Waals surface area contributed by atoms with E-state index in [9.17, 15) is 27.6 Å². The lowest BCUT2D eigenvalue weighted by molar-refractivity contribution is -0.139. The molecule has 0 aromatic heterocycles. The molecule has 0 bridgehead atoms. The molecule has 0 aromatic carbocycles. The molecule has 0 atom stereocenters. The van der Waals surface area contributed by atoms with Gasteiger partial charge in [-0.15, -0.1) is 0 Å². The normalized spacial score (nSPS) is 19.6. The van der Waals surface area contributed by atoms with Crippen LogP contribution in [0.3, 0.4) is 0 Å². The van der Waals surface area contributed by atoms with Gasteiger partial charge in [0.15, 0.2) is 0 Å². The molecule has 1 aliphatic heterocycles. The van der Waals surface area contributed by atoms with Crippen LogP contribution in [-0.2, 0) is 14.4 Å². The van der Waals surface area contributed by atoms with Gasteiger partial charge in [-0.25, -0.2) is 0 Å². The predicted octanol–water partition coefficient (Wildman–Crippen LogP) is 0.506. The first kappa shape index (κ1) is 21.5. The highest BCUT2D eigenvalue weighted by molar-refractivity contribution is 5.85. The van der Waals surface area contributed by atoms with Crippen molar-refractivity contribution >= 4 is 17.7 Å². The van der Waals surface area contributed by atoms with Crippen molar-refractivity contribution in [2.24, 2.45) is 5.92 Å². The molecule has 1 aliphatic carbocycles. The Morgan fingerprint density at radius 3 is 2.11 bits per heavy atom. The number of amides is 3. The summed E-state index contributed by atoms with van der Waals surface area (Å²) in [5, 5.41) is 4.01. The fourth-order valence-electron chi connectivity index (χ4n) is 3.43. The molecule has 0 radical (unpaired) electrons. The summed E-state index contributed by atoms with van der Waals surface area (Å²) in [6, 6.07) is 0. The quantitative estimate of drug-likeness (QED) is 0.690. The van der Waals surface area contributed by atoms with Crippen LogP contribution >= 0.6 is 0 Å². The number of hydrogen-bond donors (Lipinski definition) is 2. The van der Waals surface area contributed by atoms with Crippen molar-refractivity contribution < 1.29 is 27.6 Å². The van der Waals surface area contributed by atoms with E-state index in [1.54, 1.807) is 5.32 Å². The number of piperazine rings is 1. The average molecular weight is 392 g/mol. The van der Waals surface area contributed by atoms with Gasteiger partial charge in [0.05, 0.1) is 13.1 Å². The molecule has 2 rings (SSSR count). The molecule has 2 fully saturated rings. The zero-order valence-electron chi connectivity index (χ0n) is 15.3. The highest BCUT2D eigenvalue weighted by Gasteiger charge is 2.29. The molecule has 3 amide bonds. The summed E-state index contributed by atoms with van der Waals surface area (Å²) in [6.45, 7) is 0.396. The van der Waals surface area contributed by atoms with Gasteiger partial charge in [-0.1, -0.05) is 19.3 Å². The van der Waals surface area contributed by atoms with Crippen LogP contribution in [0.1, 0.15) is 32.1 Å². The van der Waals surface area contributed by atoms with Crippen LogP contribution in [-0.4, -0.2) is 79.5 Å². The smallest absolute Gasteiger partial charge is 0.346 e. The lowest BCUT2D eigenvalue weighted by atomic mass is 9.88. The molecular weight excluding hydrogens is 365 g/mol. The van der Waals surface area contributed by atoms with E-state index >= 15 is 0 Å². The highest BCUT2D eigenvalue weighted by atomic mass is 19.4. The van der Waals surface area contributed by atoms with Crippen LogP contribution in [0, 0.1) is 5.92 Å². The Morgan fingerprint density at radius 2 is 1.52 bits per heavy atom. The van der Waals surface area contributed by atoms with Crippen LogP contribution in [0.4, 0.5) is 13.2 Å². The lowest BCUT2D eigenvalue weighted by Crippen LogP contribution is -2.53. The molecule has 1 saturated carbocycles.